The molecule has 1 N–H and O–H groups in total. The highest BCUT2D eigenvalue weighted by Gasteiger charge is 2.45. The number of sulfonamides is 1. The molecule has 7 nitrogen and oxygen atoms in total. The number of aliphatic carboxylic acids is 1. The van der Waals surface area contributed by atoms with Gasteiger partial charge in [0.1, 0.15) is 6.54 Å². The summed E-state index contributed by atoms with van der Waals surface area (Å²) >= 11 is 0. The van der Waals surface area contributed by atoms with Crippen LogP contribution in [0.1, 0.15) is 67.5 Å². The first-order valence-electron chi connectivity index (χ1n) is 10.9. The standard InChI is InChI=1S/C22H26F3N3O4S/c1-3-21(7-8-21)14-9-15(22(23,24)25)11-16(10-14)33(31,32)27(2)18-5-4-6-19-17(18)12-26-28(19)13-20(29)30/h9-12,18H,3-8,13H2,1-2H3,(H,29,30). The molecule has 0 spiro atoms. The molecule has 180 valence electrons. The number of carboxylic acid groups (broad SMARTS) is 1. The molecule has 0 bridgehead atoms. The Hall–Kier alpha value is -2.40. The van der Waals surface area contributed by atoms with Crippen LogP contribution in [0.25, 0.3) is 0 Å². The maximum absolute atomic E-state index is 13.6. The quantitative estimate of drug-likeness (QED) is 0.637. The van der Waals surface area contributed by atoms with Gasteiger partial charge in [0.2, 0.25) is 10.0 Å². The Morgan fingerprint density at radius 3 is 2.58 bits per heavy atom. The van der Waals surface area contributed by atoms with Crippen LogP contribution in [-0.2, 0) is 39.4 Å². The van der Waals surface area contributed by atoms with Crippen LogP contribution in [0.2, 0.25) is 0 Å². The monoisotopic (exact) mass is 485 g/mol. The van der Waals surface area contributed by atoms with Gasteiger partial charge in [-0.1, -0.05) is 6.92 Å². The molecule has 2 aromatic rings. The summed E-state index contributed by atoms with van der Waals surface area (Å²) in [5.41, 5.74) is 0.271. The first-order chi connectivity index (χ1) is 15.4. The van der Waals surface area contributed by atoms with Crippen molar-refractivity contribution in [3.05, 3.63) is 46.8 Å². The van der Waals surface area contributed by atoms with Gasteiger partial charge < -0.3 is 5.11 Å². The average molecular weight is 486 g/mol. The molecule has 1 atom stereocenters. The Labute approximate surface area is 190 Å². The van der Waals surface area contributed by atoms with Crippen LogP contribution < -0.4 is 0 Å². The Morgan fingerprint density at radius 1 is 1.30 bits per heavy atom. The van der Waals surface area contributed by atoms with Crippen molar-refractivity contribution < 1.29 is 31.5 Å². The van der Waals surface area contributed by atoms with Crippen LogP contribution in [0.15, 0.2) is 29.3 Å². The second-order valence-electron chi connectivity index (χ2n) is 8.90. The van der Waals surface area contributed by atoms with E-state index in [0.29, 0.717) is 48.6 Å². The van der Waals surface area contributed by atoms with Crippen molar-refractivity contribution in [2.24, 2.45) is 0 Å². The number of carbonyl (C=O) groups is 1. The van der Waals surface area contributed by atoms with Crippen molar-refractivity contribution in [2.75, 3.05) is 7.05 Å². The van der Waals surface area contributed by atoms with Gasteiger partial charge in [-0.25, -0.2) is 8.42 Å². The molecule has 1 aromatic heterocycles. The topological polar surface area (TPSA) is 92.5 Å². The van der Waals surface area contributed by atoms with Crippen molar-refractivity contribution in [1.82, 2.24) is 14.1 Å². The largest absolute Gasteiger partial charge is 0.480 e. The third-order valence-electron chi connectivity index (χ3n) is 7.01. The number of nitrogens with zero attached hydrogens (tertiary/aromatic N) is 3. The Balaban J connectivity index is 1.74. The van der Waals surface area contributed by atoms with Gasteiger partial charge in [-0.2, -0.15) is 22.6 Å². The predicted molar refractivity (Wildman–Crippen MR) is 113 cm³/mol. The molecule has 4 rings (SSSR count). The zero-order valence-corrected chi connectivity index (χ0v) is 19.2. The fourth-order valence-electron chi connectivity index (χ4n) is 4.79. The SMILES string of the molecule is CCC1(c2cc(C(F)(F)F)cc(S(=O)(=O)N(C)C3CCCc4c3cnn4CC(=O)O)c2)CC1. The molecule has 0 amide bonds. The molecule has 0 aliphatic heterocycles. The molecule has 0 radical (unpaired) electrons. The molecule has 2 aliphatic rings. The molecule has 1 fully saturated rings. The summed E-state index contributed by atoms with van der Waals surface area (Å²) in [6.07, 6.45) is 0.518. The zero-order valence-electron chi connectivity index (χ0n) is 18.4. The van der Waals surface area contributed by atoms with Crippen molar-refractivity contribution in [1.29, 1.82) is 0 Å². The summed E-state index contributed by atoms with van der Waals surface area (Å²) in [5.74, 6) is -1.06. The molecule has 2 aliphatic carbocycles. The molecule has 0 saturated heterocycles. The zero-order chi connectivity index (χ0) is 24.2. The third-order valence-corrected chi connectivity index (χ3v) is 8.85. The van der Waals surface area contributed by atoms with Gasteiger partial charge in [0.05, 0.1) is 22.7 Å². The van der Waals surface area contributed by atoms with E-state index in [9.17, 15) is 26.4 Å². The number of rotatable bonds is 7. The lowest BCUT2D eigenvalue weighted by atomic mass is 9.92. The lowest BCUT2D eigenvalue weighted by molar-refractivity contribution is -0.138. The number of halogens is 3. The fraction of sp³-hybridized carbons (Fsp3) is 0.545. The van der Waals surface area contributed by atoms with Gasteiger partial charge in [0.25, 0.3) is 0 Å². The minimum absolute atomic E-state index is 0.339. The number of carboxylic acids is 1. The highest BCUT2D eigenvalue weighted by Crippen LogP contribution is 2.52. The van der Waals surface area contributed by atoms with Gasteiger partial charge in [0.15, 0.2) is 0 Å². The highest BCUT2D eigenvalue weighted by atomic mass is 32.2. The van der Waals surface area contributed by atoms with E-state index in [0.717, 1.165) is 23.2 Å². The molecule has 11 heteroatoms. The van der Waals surface area contributed by atoms with Crippen molar-refractivity contribution in [3.8, 4) is 0 Å². The first kappa shape index (κ1) is 23.7. The van der Waals surface area contributed by atoms with E-state index >= 15 is 0 Å². The molecule has 1 unspecified atom stereocenters. The van der Waals surface area contributed by atoms with Crippen LogP contribution in [-0.4, -0.2) is 40.6 Å². The van der Waals surface area contributed by atoms with Crippen molar-refractivity contribution in [3.63, 3.8) is 0 Å². The van der Waals surface area contributed by atoms with Crippen LogP contribution in [0.5, 0.6) is 0 Å². The lowest BCUT2D eigenvalue weighted by Crippen LogP contribution is -2.34. The Morgan fingerprint density at radius 2 is 2.00 bits per heavy atom. The fourth-order valence-corrected chi connectivity index (χ4v) is 6.22. The van der Waals surface area contributed by atoms with E-state index in [1.807, 2.05) is 6.92 Å². The number of hydrogen-bond donors (Lipinski definition) is 1. The minimum Gasteiger partial charge on any atom is -0.480 e. The van der Waals surface area contributed by atoms with E-state index < -0.39 is 39.2 Å². The summed E-state index contributed by atoms with van der Waals surface area (Å²) in [4.78, 5) is 10.7. The second kappa shape index (κ2) is 8.12. The number of benzene rings is 1. The van der Waals surface area contributed by atoms with Gasteiger partial charge in [-0.3, -0.25) is 9.48 Å². The summed E-state index contributed by atoms with van der Waals surface area (Å²) in [7, 11) is -2.90. The van der Waals surface area contributed by atoms with Crippen molar-refractivity contribution in [2.45, 2.75) is 74.5 Å². The Kier molecular flexibility index (Phi) is 5.84. The predicted octanol–water partition coefficient (Wildman–Crippen LogP) is 4.13. The lowest BCUT2D eigenvalue weighted by Gasteiger charge is -2.31. The van der Waals surface area contributed by atoms with E-state index in [1.165, 1.54) is 24.0 Å². The molecular weight excluding hydrogens is 459 g/mol. The molecule has 33 heavy (non-hydrogen) atoms. The van der Waals surface area contributed by atoms with Crippen LogP contribution >= 0.6 is 0 Å². The van der Waals surface area contributed by atoms with E-state index in [4.69, 9.17) is 5.11 Å². The smallest absolute Gasteiger partial charge is 0.416 e. The van der Waals surface area contributed by atoms with Crippen LogP contribution in [0, 0.1) is 0 Å². The number of aromatic nitrogens is 2. The molecular formula is C22H26F3N3O4S. The van der Waals surface area contributed by atoms with Gasteiger partial charge in [-0.15, -0.1) is 0 Å². The molecule has 1 saturated carbocycles. The van der Waals surface area contributed by atoms with Crippen LogP contribution in [0.3, 0.4) is 0 Å². The maximum atomic E-state index is 13.6. The van der Waals surface area contributed by atoms with E-state index in [1.54, 1.807) is 0 Å². The van der Waals surface area contributed by atoms with Crippen LogP contribution in [0.4, 0.5) is 13.2 Å². The molecule has 1 aromatic carbocycles. The highest BCUT2D eigenvalue weighted by molar-refractivity contribution is 7.89. The van der Waals surface area contributed by atoms with Gasteiger partial charge >= 0.3 is 12.1 Å². The van der Waals surface area contributed by atoms with Crippen molar-refractivity contribution >= 4 is 16.0 Å². The summed E-state index contributed by atoms with van der Waals surface area (Å²) in [6, 6.07) is 2.53. The van der Waals surface area contributed by atoms with E-state index in [2.05, 4.69) is 5.10 Å². The van der Waals surface area contributed by atoms with E-state index in [-0.39, 0.29) is 11.4 Å². The average Bonchev–Trinajstić information content (AvgIpc) is 3.47. The summed E-state index contributed by atoms with van der Waals surface area (Å²) in [6.45, 7) is 1.56. The first-order valence-corrected chi connectivity index (χ1v) is 12.3. The van der Waals surface area contributed by atoms with Gasteiger partial charge in [-0.05, 0) is 67.7 Å². The summed E-state index contributed by atoms with van der Waals surface area (Å²) in [5, 5.41) is 13.2. The number of hydrogen-bond acceptors (Lipinski definition) is 4. The summed E-state index contributed by atoms with van der Waals surface area (Å²) < 4.78 is 70.4. The molecule has 1 heterocycles. The third kappa shape index (κ3) is 4.28. The normalized spacial score (nSPS) is 20.0. The minimum atomic E-state index is -4.67. The maximum Gasteiger partial charge on any atom is 0.416 e. The van der Waals surface area contributed by atoms with Gasteiger partial charge in [0, 0.05) is 18.3 Å². The number of fused-ring (bicyclic) bond motifs is 1. The number of alkyl halides is 3. The Bertz CT molecular complexity index is 1190. The second-order valence-corrected chi connectivity index (χ2v) is 10.9.